The summed E-state index contributed by atoms with van der Waals surface area (Å²) in [7, 11) is -3.89. The zero-order valence-electron chi connectivity index (χ0n) is 17.2. The first kappa shape index (κ1) is 21.2. The highest BCUT2D eigenvalue weighted by molar-refractivity contribution is 7.92. The number of carbonyl (C=O) groups is 1. The number of nitrogens with zero attached hydrogens (tertiary/aromatic N) is 2. The molecule has 0 aliphatic carbocycles. The highest BCUT2D eigenvalue weighted by atomic mass is 32.2. The monoisotopic (exact) mass is 420 g/mol. The molecule has 2 aromatic rings. The molecular formula is C20H28N4O4S. The summed E-state index contributed by atoms with van der Waals surface area (Å²) in [6.45, 7) is 9.89. The van der Waals surface area contributed by atoms with Crippen molar-refractivity contribution in [1.29, 1.82) is 0 Å². The number of aromatic nitrogens is 2. The summed E-state index contributed by atoms with van der Waals surface area (Å²) in [6, 6.07) is 4.81. The van der Waals surface area contributed by atoms with E-state index in [9.17, 15) is 13.2 Å². The Morgan fingerprint density at radius 3 is 2.59 bits per heavy atom. The average Bonchev–Trinajstić information content (AvgIpc) is 3.04. The van der Waals surface area contributed by atoms with Gasteiger partial charge in [0.05, 0.1) is 24.1 Å². The number of hydrogen-bond donors (Lipinski definition) is 2. The topological polar surface area (TPSA) is 104 Å². The Labute approximate surface area is 171 Å². The summed E-state index contributed by atoms with van der Waals surface area (Å²) in [6.07, 6.45) is 2.72. The van der Waals surface area contributed by atoms with Crippen LogP contribution in [0, 0.1) is 18.8 Å². The van der Waals surface area contributed by atoms with Crippen molar-refractivity contribution in [2.45, 2.75) is 39.1 Å². The van der Waals surface area contributed by atoms with Gasteiger partial charge in [-0.2, -0.15) is 8.42 Å². The lowest BCUT2D eigenvalue weighted by atomic mass is 9.92. The zero-order chi connectivity index (χ0) is 21.2. The minimum absolute atomic E-state index is 0.0965. The molecule has 0 unspecified atom stereocenters. The number of aromatic amines is 1. The molecular weight excluding hydrogens is 392 g/mol. The van der Waals surface area contributed by atoms with Gasteiger partial charge in [-0.25, -0.2) is 9.78 Å². The zero-order valence-corrected chi connectivity index (χ0v) is 18.0. The van der Waals surface area contributed by atoms with Crippen LogP contribution in [0.2, 0.25) is 0 Å². The van der Waals surface area contributed by atoms with Gasteiger partial charge in [0, 0.05) is 18.8 Å². The first-order valence-electron chi connectivity index (χ1n) is 9.80. The highest BCUT2D eigenvalue weighted by Crippen LogP contribution is 2.26. The Morgan fingerprint density at radius 2 is 2.00 bits per heavy atom. The summed E-state index contributed by atoms with van der Waals surface area (Å²) < 4.78 is 32.8. The van der Waals surface area contributed by atoms with Gasteiger partial charge in [-0.15, -0.1) is 0 Å². The lowest BCUT2D eigenvalue weighted by Crippen LogP contribution is -2.39. The van der Waals surface area contributed by atoms with Crippen LogP contribution in [0.3, 0.4) is 0 Å². The van der Waals surface area contributed by atoms with Gasteiger partial charge in [0.25, 0.3) is 10.0 Å². The van der Waals surface area contributed by atoms with E-state index >= 15 is 0 Å². The average molecular weight is 421 g/mol. The minimum Gasteiger partial charge on any atom is -0.462 e. The van der Waals surface area contributed by atoms with E-state index in [4.69, 9.17) is 4.74 Å². The number of carbonyl (C=O) groups excluding carboxylic acids is 1. The predicted molar refractivity (Wildman–Crippen MR) is 112 cm³/mol. The third kappa shape index (κ3) is 4.90. The maximum absolute atomic E-state index is 12.7. The largest absolute Gasteiger partial charge is 0.462 e. The molecule has 2 aromatic heterocycles. The molecule has 3 heterocycles. The quantitative estimate of drug-likeness (QED) is 0.696. The Balaban J connectivity index is 1.74. The second-order valence-electron chi connectivity index (χ2n) is 7.75. The summed E-state index contributed by atoms with van der Waals surface area (Å²) in [5.41, 5.74) is 0.997. The van der Waals surface area contributed by atoms with Gasteiger partial charge in [0.2, 0.25) is 0 Å². The Bertz CT molecular complexity index is 959. The molecule has 3 rings (SSSR count). The first-order valence-corrected chi connectivity index (χ1v) is 11.3. The first-order chi connectivity index (χ1) is 13.7. The number of piperidine rings is 1. The van der Waals surface area contributed by atoms with Gasteiger partial charge >= 0.3 is 5.97 Å². The summed E-state index contributed by atoms with van der Waals surface area (Å²) >= 11 is 0. The van der Waals surface area contributed by atoms with E-state index in [1.165, 1.54) is 18.7 Å². The van der Waals surface area contributed by atoms with Crippen molar-refractivity contribution in [3.8, 4) is 0 Å². The van der Waals surface area contributed by atoms with Crippen LogP contribution in [0.15, 0.2) is 29.4 Å². The number of hydrogen-bond acceptors (Lipinski definition) is 6. The van der Waals surface area contributed by atoms with Crippen molar-refractivity contribution in [1.82, 2.24) is 9.97 Å². The molecule has 29 heavy (non-hydrogen) atoms. The maximum Gasteiger partial charge on any atom is 0.339 e. The molecule has 1 saturated heterocycles. The van der Waals surface area contributed by atoms with Gasteiger partial charge in [-0.05, 0) is 50.3 Å². The van der Waals surface area contributed by atoms with Gasteiger partial charge in [0.1, 0.15) is 5.82 Å². The number of H-pyrrole nitrogens is 1. The van der Waals surface area contributed by atoms with E-state index in [2.05, 4.69) is 33.4 Å². The van der Waals surface area contributed by atoms with E-state index in [1.54, 1.807) is 19.9 Å². The van der Waals surface area contributed by atoms with Crippen molar-refractivity contribution in [3.63, 3.8) is 0 Å². The number of pyridine rings is 1. The number of nitrogens with one attached hydrogen (secondary N) is 2. The number of aryl methyl sites for hydroxylation is 1. The second-order valence-corrected chi connectivity index (χ2v) is 9.41. The molecule has 0 spiro atoms. The van der Waals surface area contributed by atoms with Gasteiger partial charge in [-0.3, -0.25) is 4.72 Å². The molecule has 0 aromatic carbocycles. The third-order valence-corrected chi connectivity index (χ3v) is 6.27. The number of ether oxygens (including phenoxy) is 1. The van der Waals surface area contributed by atoms with Crippen molar-refractivity contribution in [2.24, 2.45) is 11.8 Å². The van der Waals surface area contributed by atoms with Crippen molar-refractivity contribution in [3.05, 3.63) is 35.7 Å². The standard InChI is InChI=1S/C20H28N4O4S/c1-5-28-20(25)17-9-19(22-15(17)4)29(26,27)23-16-6-7-18(21-10-16)24-11-13(2)8-14(3)12-24/h6-7,9-10,13-14,22-23H,5,8,11-12H2,1-4H3/t13-,14-/m1/s1. The smallest absolute Gasteiger partial charge is 0.339 e. The predicted octanol–water partition coefficient (Wildman–Crippen LogP) is 3.18. The SMILES string of the molecule is CCOC(=O)c1cc(S(=O)(=O)Nc2ccc(N3C[C@H](C)C[C@@H](C)C3)nc2)[nH]c1C. The fraction of sp³-hybridized carbons (Fsp3) is 0.500. The number of esters is 1. The van der Waals surface area contributed by atoms with Crippen molar-refractivity contribution in [2.75, 3.05) is 29.3 Å². The molecule has 2 atom stereocenters. The molecule has 1 fully saturated rings. The highest BCUT2D eigenvalue weighted by Gasteiger charge is 2.24. The molecule has 8 nitrogen and oxygen atoms in total. The lowest BCUT2D eigenvalue weighted by Gasteiger charge is -2.35. The number of rotatable bonds is 6. The number of anilines is 2. The van der Waals surface area contributed by atoms with Crippen LogP contribution in [-0.2, 0) is 14.8 Å². The summed E-state index contributed by atoms with van der Waals surface area (Å²) in [5.74, 6) is 1.48. The van der Waals surface area contributed by atoms with Crippen LogP contribution >= 0.6 is 0 Å². The van der Waals surface area contributed by atoms with E-state index in [0.29, 0.717) is 23.2 Å². The Kier molecular flexibility index (Phi) is 6.16. The van der Waals surface area contributed by atoms with Crippen LogP contribution in [0.4, 0.5) is 11.5 Å². The van der Waals surface area contributed by atoms with Crippen LogP contribution < -0.4 is 9.62 Å². The molecule has 0 radical (unpaired) electrons. The molecule has 1 aliphatic heterocycles. The lowest BCUT2D eigenvalue weighted by molar-refractivity contribution is 0.0525. The normalized spacial score (nSPS) is 19.8. The molecule has 9 heteroatoms. The van der Waals surface area contributed by atoms with E-state index < -0.39 is 16.0 Å². The van der Waals surface area contributed by atoms with E-state index in [0.717, 1.165) is 18.9 Å². The maximum atomic E-state index is 12.7. The Morgan fingerprint density at radius 1 is 1.31 bits per heavy atom. The fourth-order valence-corrected chi connectivity index (χ4v) is 4.89. The molecule has 1 aliphatic rings. The van der Waals surface area contributed by atoms with Crippen LogP contribution in [0.1, 0.15) is 43.2 Å². The van der Waals surface area contributed by atoms with Crippen molar-refractivity contribution < 1.29 is 17.9 Å². The van der Waals surface area contributed by atoms with Gasteiger partial charge < -0.3 is 14.6 Å². The van der Waals surface area contributed by atoms with Crippen molar-refractivity contribution >= 4 is 27.5 Å². The number of sulfonamides is 1. The van der Waals surface area contributed by atoms with Gasteiger partial charge in [0.15, 0.2) is 5.03 Å². The van der Waals surface area contributed by atoms with Crippen LogP contribution in [0.5, 0.6) is 0 Å². The third-order valence-electron chi connectivity index (χ3n) is 4.97. The molecule has 2 N–H and O–H groups in total. The molecule has 0 bridgehead atoms. The van der Waals surface area contributed by atoms with Crippen LogP contribution in [0.25, 0.3) is 0 Å². The molecule has 0 saturated carbocycles. The summed E-state index contributed by atoms with van der Waals surface area (Å²) in [5, 5.41) is -0.0965. The van der Waals surface area contributed by atoms with E-state index in [-0.39, 0.29) is 17.2 Å². The molecule has 0 amide bonds. The fourth-order valence-electron chi connectivity index (χ4n) is 3.79. The second kappa shape index (κ2) is 8.44. The minimum atomic E-state index is -3.89. The molecule has 158 valence electrons. The Hall–Kier alpha value is -2.55. The summed E-state index contributed by atoms with van der Waals surface area (Å²) in [4.78, 5) is 21.3. The van der Waals surface area contributed by atoms with E-state index in [1.807, 2.05) is 6.07 Å². The van der Waals surface area contributed by atoms with Crippen LogP contribution in [-0.4, -0.2) is 44.1 Å². The van der Waals surface area contributed by atoms with Gasteiger partial charge in [-0.1, -0.05) is 13.8 Å².